The molecule has 4 nitrogen and oxygen atoms in total. The van der Waals surface area contributed by atoms with Gasteiger partial charge in [-0.15, -0.1) is 0 Å². The van der Waals surface area contributed by atoms with Crippen molar-refractivity contribution < 1.29 is 14.3 Å². The van der Waals surface area contributed by atoms with Crippen LogP contribution in [0.2, 0.25) is 0 Å². The molecule has 1 aromatic heterocycles. The van der Waals surface area contributed by atoms with Crippen LogP contribution in [-0.4, -0.2) is 17.0 Å². The Morgan fingerprint density at radius 1 is 1.04 bits per heavy atom. The Morgan fingerprint density at radius 2 is 1.88 bits per heavy atom. The number of hydrogen-bond acceptors (Lipinski definition) is 3. The van der Waals surface area contributed by atoms with Crippen LogP contribution < -0.4 is 9.47 Å². The van der Waals surface area contributed by atoms with Crippen LogP contribution in [0.5, 0.6) is 11.5 Å². The number of aromatic nitrogens is 1. The number of para-hydroxylation sites is 2. The maximum absolute atomic E-state index is 13.6. The molecule has 2 heterocycles. The molecular weight excluding hydrogens is 326 g/mol. The molecule has 1 atom stereocenters. The molecule has 0 aliphatic carbocycles. The topological polar surface area (TPSA) is 40.5 Å². The minimum Gasteiger partial charge on any atom is -0.494 e. The Kier molecular flexibility index (Phi) is 4.03. The van der Waals surface area contributed by atoms with Crippen LogP contribution in [-0.2, 0) is 5.60 Å². The van der Waals surface area contributed by atoms with Gasteiger partial charge in [0.25, 0.3) is 0 Å². The average Bonchev–Trinajstić information content (AvgIpc) is 3.12. The smallest absolute Gasteiger partial charge is 0.227 e. The fourth-order valence-corrected chi connectivity index (χ4v) is 3.59. The van der Waals surface area contributed by atoms with Crippen LogP contribution in [0, 0.1) is 0 Å². The van der Waals surface area contributed by atoms with E-state index < -0.39 is 5.60 Å². The number of fused-ring (bicyclic) bond motifs is 3. The van der Waals surface area contributed by atoms with Crippen molar-refractivity contribution >= 4 is 5.78 Å². The van der Waals surface area contributed by atoms with Gasteiger partial charge < -0.3 is 14.0 Å². The van der Waals surface area contributed by atoms with Crippen molar-refractivity contribution in [2.24, 2.45) is 0 Å². The molecule has 4 rings (SSSR count). The molecule has 3 aromatic rings. The molecule has 0 fully saturated rings. The predicted molar refractivity (Wildman–Crippen MR) is 100 cm³/mol. The average molecular weight is 347 g/mol. The first-order valence-corrected chi connectivity index (χ1v) is 8.93. The fraction of sp³-hybridized carbons (Fsp3) is 0.227. The van der Waals surface area contributed by atoms with Crippen LogP contribution in [0.15, 0.2) is 66.9 Å². The van der Waals surface area contributed by atoms with Gasteiger partial charge in [-0.3, -0.25) is 4.79 Å². The van der Waals surface area contributed by atoms with E-state index in [2.05, 4.69) is 0 Å². The maximum Gasteiger partial charge on any atom is 0.227 e. The van der Waals surface area contributed by atoms with Crippen molar-refractivity contribution in [1.29, 1.82) is 0 Å². The van der Waals surface area contributed by atoms with E-state index in [1.807, 2.05) is 85.3 Å². The van der Waals surface area contributed by atoms with Gasteiger partial charge in [0.15, 0.2) is 5.60 Å². The lowest BCUT2D eigenvalue weighted by Gasteiger charge is -2.31. The molecule has 1 aliphatic heterocycles. The number of carbonyl (C=O) groups is 1. The molecule has 1 aliphatic rings. The van der Waals surface area contributed by atoms with E-state index in [0.29, 0.717) is 24.5 Å². The lowest BCUT2D eigenvalue weighted by atomic mass is 9.85. The third-order valence-corrected chi connectivity index (χ3v) is 4.87. The van der Waals surface area contributed by atoms with Crippen molar-refractivity contribution in [1.82, 2.24) is 4.57 Å². The Balaban J connectivity index is 1.95. The molecule has 4 heteroatoms. The van der Waals surface area contributed by atoms with Crippen molar-refractivity contribution in [3.8, 4) is 17.2 Å². The van der Waals surface area contributed by atoms with E-state index in [9.17, 15) is 4.79 Å². The minimum absolute atomic E-state index is 0.0464. The van der Waals surface area contributed by atoms with E-state index in [1.54, 1.807) is 0 Å². The highest BCUT2D eigenvalue weighted by molar-refractivity contribution is 6.03. The summed E-state index contributed by atoms with van der Waals surface area (Å²) >= 11 is 0. The second-order valence-corrected chi connectivity index (χ2v) is 6.30. The number of hydrogen-bond donors (Lipinski definition) is 0. The Labute approximate surface area is 153 Å². The summed E-state index contributed by atoms with van der Waals surface area (Å²) in [6.45, 7) is 4.49. The Morgan fingerprint density at radius 3 is 2.69 bits per heavy atom. The number of ether oxygens (including phenoxy) is 2. The number of rotatable bonds is 4. The molecular formula is C22H21NO3. The third kappa shape index (κ3) is 2.41. The number of ketones is 1. The summed E-state index contributed by atoms with van der Waals surface area (Å²) in [4.78, 5) is 13.6. The number of nitrogens with zero attached hydrogens (tertiary/aromatic N) is 1. The Bertz CT molecular complexity index is 959. The SMILES string of the molecule is CCOc1cccc(C2(CC)Oc3ccccc3-n3cccc3C2=O)c1. The number of carbonyl (C=O) groups excluding carboxylic acids is 1. The maximum atomic E-state index is 13.6. The highest BCUT2D eigenvalue weighted by atomic mass is 16.5. The number of benzene rings is 2. The van der Waals surface area contributed by atoms with Gasteiger partial charge in [-0.25, -0.2) is 0 Å². The van der Waals surface area contributed by atoms with Gasteiger partial charge in [0.1, 0.15) is 11.5 Å². The summed E-state index contributed by atoms with van der Waals surface area (Å²) in [6, 6.07) is 19.1. The minimum atomic E-state index is -1.09. The van der Waals surface area contributed by atoms with Gasteiger partial charge in [0.05, 0.1) is 18.0 Å². The normalized spacial score (nSPS) is 18.5. The molecule has 132 valence electrons. The summed E-state index contributed by atoms with van der Waals surface area (Å²) in [5.41, 5.74) is 1.21. The summed E-state index contributed by atoms with van der Waals surface area (Å²) in [6.07, 6.45) is 2.42. The third-order valence-electron chi connectivity index (χ3n) is 4.87. The molecule has 0 amide bonds. The zero-order valence-electron chi connectivity index (χ0n) is 14.9. The van der Waals surface area contributed by atoms with Gasteiger partial charge in [0.2, 0.25) is 5.78 Å². The fourth-order valence-electron chi connectivity index (χ4n) is 3.59. The quantitative estimate of drug-likeness (QED) is 0.683. The molecule has 2 aromatic carbocycles. The summed E-state index contributed by atoms with van der Waals surface area (Å²) < 4.78 is 14.0. The van der Waals surface area contributed by atoms with Gasteiger partial charge in [-0.05, 0) is 49.7 Å². The lowest BCUT2D eigenvalue weighted by molar-refractivity contribution is 0.0423. The monoisotopic (exact) mass is 347 g/mol. The first-order chi connectivity index (χ1) is 12.7. The molecule has 26 heavy (non-hydrogen) atoms. The van der Waals surface area contributed by atoms with Gasteiger partial charge >= 0.3 is 0 Å². The van der Waals surface area contributed by atoms with Crippen LogP contribution in [0.25, 0.3) is 5.69 Å². The molecule has 0 radical (unpaired) electrons. The van der Waals surface area contributed by atoms with Crippen LogP contribution >= 0.6 is 0 Å². The summed E-state index contributed by atoms with van der Waals surface area (Å²) in [5, 5.41) is 0. The van der Waals surface area contributed by atoms with Crippen molar-refractivity contribution in [3.63, 3.8) is 0 Å². The van der Waals surface area contributed by atoms with Crippen molar-refractivity contribution in [2.45, 2.75) is 25.9 Å². The van der Waals surface area contributed by atoms with E-state index in [1.165, 1.54) is 0 Å². The number of Topliss-reactive ketones (excluding diaryl/α,β-unsaturated/α-hetero) is 1. The summed E-state index contributed by atoms with van der Waals surface area (Å²) in [5.74, 6) is 1.39. The van der Waals surface area contributed by atoms with E-state index in [4.69, 9.17) is 9.47 Å². The molecule has 0 bridgehead atoms. The van der Waals surface area contributed by atoms with Crippen LogP contribution in [0.4, 0.5) is 0 Å². The van der Waals surface area contributed by atoms with E-state index in [-0.39, 0.29) is 5.78 Å². The standard InChI is InChI=1S/C22H21NO3/c1-3-22(16-9-7-10-17(15-16)25-4-2)21(24)19-12-8-14-23(19)18-11-5-6-13-20(18)26-22/h5-15H,3-4H2,1-2H3. The largest absolute Gasteiger partial charge is 0.494 e. The highest BCUT2D eigenvalue weighted by Gasteiger charge is 2.45. The Hall–Kier alpha value is -3.01. The zero-order valence-corrected chi connectivity index (χ0v) is 14.9. The predicted octanol–water partition coefficient (Wildman–Crippen LogP) is 4.76. The second kappa shape index (κ2) is 6.37. The van der Waals surface area contributed by atoms with E-state index in [0.717, 1.165) is 17.0 Å². The molecule has 0 N–H and O–H groups in total. The van der Waals surface area contributed by atoms with Gasteiger partial charge in [-0.2, -0.15) is 0 Å². The zero-order chi connectivity index (χ0) is 18.1. The lowest BCUT2D eigenvalue weighted by Crippen LogP contribution is -2.41. The molecule has 0 spiro atoms. The molecule has 0 saturated carbocycles. The molecule has 0 saturated heterocycles. The van der Waals surface area contributed by atoms with Crippen LogP contribution in [0.3, 0.4) is 0 Å². The van der Waals surface area contributed by atoms with Gasteiger partial charge in [-0.1, -0.05) is 31.2 Å². The van der Waals surface area contributed by atoms with E-state index >= 15 is 0 Å². The molecule has 1 unspecified atom stereocenters. The second-order valence-electron chi connectivity index (χ2n) is 6.30. The van der Waals surface area contributed by atoms with Crippen molar-refractivity contribution in [3.05, 3.63) is 78.1 Å². The first-order valence-electron chi connectivity index (χ1n) is 8.93. The highest BCUT2D eigenvalue weighted by Crippen LogP contribution is 2.41. The summed E-state index contributed by atoms with van der Waals surface area (Å²) in [7, 11) is 0. The van der Waals surface area contributed by atoms with Gasteiger partial charge in [0, 0.05) is 11.8 Å². The van der Waals surface area contributed by atoms with Crippen LogP contribution in [0.1, 0.15) is 36.3 Å². The first kappa shape index (κ1) is 16.5. The van der Waals surface area contributed by atoms with Crippen molar-refractivity contribution in [2.75, 3.05) is 6.61 Å².